The lowest BCUT2D eigenvalue weighted by Crippen LogP contribution is -2.38. The summed E-state index contributed by atoms with van der Waals surface area (Å²) in [5.74, 6) is 6.78. The van der Waals surface area contributed by atoms with E-state index in [9.17, 15) is 0 Å². The second kappa shape index (κ2) is 4.35. The Labute approximate surface area is 101 Å². The normalized spacial score (nSPS) is 51.4. The fourth-order valence-corrected chi connectivity index (χ4v) is 5.35. The van der Waals surface area contributed by atoms with Crippen LogP contribution in [-0.4, -0.2) is 0 Å². The van der Waals surface area contributed by atoms with Gasteiger partial charge in [-0.05, 0) is 61.2 Å². The highest BCUT2D eigenvalue weighted by molar-refractivity contribution is 5.00. The van der Waals surface area contributed by atoms with E-state index >= 15 is 0 Å². The van der Waals surface area contributed by atoms with Gasteiger partial charge in [-0.1, -0.05) is 39.5 Å². The topological polar surface area (TPSA) is 0 Å². The summed E-state index contributed by atoms with van der Waals surface area (Å²) in [4.78, 5) is 0. The molecule has 3 aliphatic carbocycles. The zero-order chi connectivity index (χ0) is 11.1. The third-order valence-electron chi connectivity index (χ3n) is 6.15. The molecule has 6 atom stereocenters. The van der Waals surface area contributed by atoms with E-state index in [4.69, 9.17) is 0 Å². The Bertz CT molecular complexity index is 244. The van der Waals surface area contributed by atoms with Gasteiger partial charge in [0.05, 0.1) is 0 Å². The van der Waals surface area contributed by atoms with E-state index in [1.54, 1.807) is 25.7 Å². The zero-order valence-corrected chi connectivity index (χ0v) is 11.1. The molecule has 6 unspecified atom stereocenters. The van der Waals surface area contributed by atoms with Crippen molar-refractivity contribution in [1.29, 1.82) is 0 Å². The molecule has 0 aliphatic heterocycles. The van der Waals surface area contributed by atoms with Crippen LogP contribution in [0.4, 0.5) is 0 Å². The fraction of sp³-hybridized carbons (Fsp3) is 1.00. The zero-order valence-electron chi connectivity index (χ0n) is 11.1. The summed E-state index contributed by atoms with van der Waals surface area (Å²) < 4.78 is 0. The summed E-state index contributed by atoms with van der Waals surface area (Å²) in [6, 6.07) is 0. The van der Waals surface area contributed by atoms with Gasteiger partial charge in [0.2, 0.25) is 0 Å². The number of hydrogen-bond donors (Lipinski definition) is 0. The predicted octanol–water partition coefficient (Wildman–Crippen LogP) is 4.89. The summed E-state index contributed by atoms with van der Waals surface area (Å²) in [5, 5.41) is 0. The van der Waals surface area contributed by atoms with Gasteiger partial charge in [0.15, 0.2) is 0 Å². The lowest BCUT2D eigenvalue weighted by molar-refractivity contribution is 0.0342. The first kappa shape index (κ1) is 11.1. The van der Waals surface area contributed by atoms with Gasteiger partial charge in [0.1, 0.15) is 0 Å². The molecule has 0 aromatic rings. The highest BCUT2D eigenvalue weighted by Crippen LogP contribution is 2.59. The molecule has 0 spiro atoms. The van der Waals surface area contributed by atoms with Crippen LogP contribution in [0.3, 0.4) is 0 Å². The molecule has 0 heterocycles. The van der Waals surface area contributed by atoms with E-state index in [0.717, 1.165) is 29.6 Å². The molecule has 0 radical (unpaired) electrons. The Morgan fingerprint density at radius 1 is 0.938 bits per heavy atom. The van der Waals surface area contributed by atoms with E-state index < -0.39 is 0 Å². The maximum absolute atomic E-state index is 2.52. The molecule has 3 aliphatic rings. The lowest BCUT2D eigenvalue weighted by atomic mass is 9.60. The van der Waals surface area contributed by atoms with Crippen LogP contribution in [-0.2, 0) is 0 Å². The van der Waals surface area contributed by atoms with Gasteiger partial charge in [-0.2, -0.15) is 0 Å². The van der Waals surface area contributed by atoms with Crippen LogP contribution in [0.15, 0.2) is 0 Å². The van der Waals surface area contributed by atoms with E-state index in [2.05, 4.69) is 13.8 Å². The number of hydrogen-bond acceptors (Lipinski definition) is 0. The van der Waals surface area contributed by atoms with E-state index in [-0.39, 0.29) is 0 Å². The van der Waals surface area contributed by atoms with Gasteiger partial charge in [-0.3, -0.25) is 0 Å². The largest absolute Gasteiger partial charge is 0.0654 e. The first-order chi connectivity index (χ1) is 7.79. The maximum atomic E-state index is 2.52. The van der Waals surface area contributed by atoms with Crippen molar-refractivity contribution < 1.29 is 0 Å². The third kappa shape index (κ3) is 1.73. The molecule has 3 saturated carbocycles. The van der Waals surface area contributed by atoms with Crippen molar-refractivity contribution in [1.82, 2.24) is 0 Å². The minimum absolute atomic E-state index is 1.05. The van der Waals surface area contributed by atoms with Crippen molar-refractivity contribution in [2.75, 3.05) is 0 Å². The molecule has 3 rings (SSSR count). The molecule has 0 aromatic carbocycles. The Kier molecular flexibility index (Phi) is 3.02. The number of rotatable bonds is 3. The molecule has 0 N–H and O–H groups in total. The maximum Gasteiger partial charge on any atom is -0.0349 e. The molecule has 0 aromatic heterocycles. The van der Waals surface area contributed by atoms with Gasteiger partial charge in [-0.15, -0.1) is 0 Å². The van der Waals surface area contributed by atoms with Gasteiger partial charge in [-0.25, -0.2) is 0 Å². The van der Waals surface area contributed by atoms with Crippen molar-refractivity contribution in [3.05, 3.63) is 0 Å². The van der Waals surface area contributed by atoms with Crippen molar-refractivity contribution in [2.45, 2.75) is 65.2 Å². The Balaban J connectivity index is 1.57. The second-order valence-electron chi connectivity index (χ2n) is 7.02. The monoisotopic (exact) mass is 220 g/mol. The molecule has 0 nitrogen and oxygen atoms in total. The smallest absolute Gasteiger partial charge is 0.0349 e. The van der Waals surface area contributed by atoms with Crippen LogP contribution < -0.4 is 0 Å². The third-order valence-corrected chi connectivity index (χ3v) is 6.15. The van der Waals surface area contributed by atoms with Crippen molar-refractivity contribution in [3.8, 4) is 0 Å². The summed E-state index contributed by atoms with van der Waals surface area (Å²) in [5.41, 5.74) is 0. The van der Waals surface area contributed by atoms with E-state index in [0.29, 0.717) is 0 Å². The average Bonchev–Trinajstić information content (AvgIpc) is 2.77. The first-order valence-electron chi connectivity index (χ1n) is 7.79. The molecule has 16 heavy (non-hydrogen) atoms. The average molecular weight is 220 g/mol. The molecule has 0 saturated heterocycles. The van der Waals surface area contributed by atoms with Crippen LogP contribution in [0.25, 0.3) is 0 Å². The Morgan fingerprint density at radius 2 is 1.81 bits per heavy atom. The number of fused-ring (bicyclic) bond motifs is 1. The van der Waals surface area contributed by atoms with Crippen LogP contribution in [0.1, 0.15) is 65.2 Å². The van der Waals surface area contributed by atoms with E-state index in [1.807, 2.05) is 0 Å². The minimum atomic E-state index is 1.05. The Morgan fingerprint density at radius 3 is 2.50 bits per heavy atom. The molecule has 0 heteroatoms. The van der Waals surface area contributed by atoms with Crippen LogP contribution >= 0.6 is 0 Å². The quantitative estimate of drug-likeness (QED) is 0.635. The summed E-state index contributed by atoms with van der Waals surface area (Å²) in [6.07, 6.45) is 12.3. The highest BCUT2D eigenvalue weighted by atomic mass is 14.6. The summed E-state index contributed by atoms with van der Waals surface area (Å²) in [6.45, 7) is 4.88. The molecule has 3 fully saturated rings. The highest BCUT2D eigenvalue weighted by Gasteiger charge is 2.51. The van der Waals surface area contributed by atoms with E-state index in [1.165, 1.54) is 31.6 Å². The minimum Gasteiger partial charge on any atom is -0.0654 e. The molecular weight excluding hydrogens is 192 g/mol. The van der Waals surface area contributed by atoms with Crippen molar-refractivity contribution in [2.24, 2.45) is 35.5 Å². The standard InChI is InChI=1S/C16H28/c1-3-5-12-8-13-10-16(15(13)9-12)14-7-4-6-11(14)2/h11-16H,3-10H2,1-2H3. The van der Waals surface area contributed by atoms with Crippen LogP contribution in [0.2, 0.25) is 0 Å². The molecule has 92 valence electrons. The Hall–Kier alpha value is 0. The molecule has 0 amide bonds. The van der Waals surface area contributed by atoms with Crippen LogP contribution in [0, 0.1) is 35.5 Å². The van der Waals surface area contributed by atoms with Crippen molar-refractivity contribution >= 4 is 0 Å². The SMILES string of the molecule is CCCC1CC2CC(C3CCCC3C)C2C1. The van der Waals surface area contributed by atoms with Crippen molar-refractivity contribution in [3.63, 3.8) is 0 Å². The van der Waals surface area contributed by atoms with Gasteiger partial charge in [0, 0.05) is 0 Å². The molecular formula is C16H28. The van der Waals surface area contributed by atoms with Gasteiger partial charge < -0.3 is 0 Å². The van der Waals surface area contributed by atoms with Gasteiger partial charge >= 0.3 is 0 Å². The molecule has 0 bridgehead atoms. The predicted molar refractivity (Wildman–Crippen MR) is 69.2 cm³/mol. The summed E-state index contributed by atoms with van der Waals surface area (Å²) in [7, 11) is 0. The van der Waals surface area contributed by atoms with Gasteiger partial charge in [0.25, 0.3) is 0 Å². The second-order valence-corrected chi connectivity index (χ2v) is 7.02. The fourth-order valence-electron chi connectivity index (χ4n) is 5.35. The first-order valence-corrected chi connectivity index (χ1v) is 7.79. The summed E-state index contributed by atoms with van der Waals surface area (Å²) >= 11 is 0. The lowest BCUT2D eigenvalue weighted by Gasteiger charge is -2.45. The van der Waals surface area contributed by atoms with Crippen LogP contribution in [0.5, 0.6) is 0 Å².